The molecule has 1 aliphatic heterocycles. The van der Waals surface area contributed by atoms with Crippen LogP contribution in [0.5, 0.6) is 0 Å². The fraction of sp³-hybridized carbons (Fsp3) is 0.0800. The second-order valence-electron chi connectivity index (χ2n) is 7.04. The predicted octanol–water partition coefficient (Wildman–Crippen LogP) is 4.56. The van der Waals surface area contributed by atoms with Gasteiger partial charge in [-0.15, -0.1) is 0 Å². The van der Waals surface area contributed by atoms with E-state index in [0.717, 1.165) is 0 Å². The number of amides is 3. The molecule has 0 spiro atoms. The third kappa shape index (κ3) is 4.69. The van der Waals surface area contributed by atoms with Crippen molar-refractivity contribution in [1.29, 1.82) is 0 Å². The Morgan fingerprint density at radius 3 is 2.03 bits per heavy atom. The highest BCUT2D eigenvalue weighted by Gasteiger charge is 2.37. The van der Waals surface area contributed by atoms with Gasteiger partial charge in [-0.2, -0.15) is 0 Å². The summed E-state index contributed by atoms with van der Waals surface area (Å²) in [6.45, 7) is 1.71. The lowest BCUT2D eigenvalue weighted by Gasteiger charge is -2.21. The lowest BCUT2D eigenvalue weighted by atomic mass is 10.2. The van der Waals surface area contributed by atoms with Gasteiger partial charge in [0, 0.05) is 11.4 Å². The minimum Gasteiger partial charge on any atom is -0.462 e. The van der Waals surface area contributed by atoms with Gasteiger partial charge in [-0.3, -0.25) is 4.79 Å². The monoisotopic (exact) mass is 442 g/mol. The van der Waals surface area contributed by atoms with Gasteiger partial charge >= 0.3 is 12.0 Å². The molecule has 3 aromatic rings. The van der Waals surface area contributed by atoms with Gasteiger partial charge in [-0.05, 0) is 43.3 Å². The first-order valence-corrected chi connectivity index (χ1v) is 10.4. The Morgan fingerprint density at radius 2 is 1.39 bits per heavy atom. The van der Waals surface area contributed by atoms with Crippen molar-refractivity contribution in [3.8, 4) is 0 Å². The molecule has 4 rings (SSSR count). The molecule has 3 amide bonds. The molecule has 0 bridgehead atoms. The summed E-state index contributed by atoms with van der Waals surface area (Å²) in [4.78, 5) is 40.7. The van der Waals surface area contributed by atoms with Gasteiger partial charge in [0.2, 0.25) is 0 Å². The first-order chi connectivity index (χ1) is 16.1. The fourth-order valence-electron chi connectivity index (χ4n) is 3.38. The zero-order valence-electron chi connectivity index (χ0n) is 17.9. The van der Waals surface area contributed by atoms with Gasteiger partial charge in [0.15, 0.2) is 5.57 Å². The van der Waals surface area contributed by atoms with E-state index in [9.17, 15) is 14.4 Å². The Hall–Kier alpha value is -4.59. The van der Waals surface area contributed by atoms with E-state index in [1.165, 1.54) is 4.90 Å². The number of benzene rings is 3. The summed E-state index contributed by atoms with van der Waals surface area (Å²) in [5, 5.41) is 8.54. The maximum absolute atomic E-state index is 13.3. The van der Waals surface area contributed by atoms with Crippen molar-refractivity contribution in [3.63, 3.8) is 0 Å². The highest BCUT2D eigenvalue weighted by molar-refractivity contribution is 6.24. The predicted molar refractivity (Wildman–Crippen MR) is 127 cm³/mol. The molecular formula is C25H22N4O4. The molecule has 166 valence electrons. The van der Waals surface area contributed by atoms with Crippen LogP contribution < -0.4 is 20.9 Å². The van der Waals surface area contributed by atoms with E-state index in [1.807, 2.05) is 12.1 Å². The smallest absolute Gasteiger partial charge is 0.347 e. The Balaban J connectivity index is 1.78. The molecule has 3 N–H and O–H groups in total. The number of fused-ring (bicyclic) bond motifs is 1. The van der Waals surface area contributed by atoms with Crippen molar-refractivity contribution in [3.05, 3.63) is 96.3 Å². The van der Waals surface area contributed by atoms with E-state index in [2.05, 4.69) is 16.0 Å². The number of hydrogen-bond donors (Lipinski definition) is 3. The van der Waals surface area contributed by atoms with Gasteiger partial charge in [0.1, 0.15) is 5.82 Å². The molecule has 33 heavy (non-hydrogen) atoms. The van der Waals surface area contributed by atoms with Crippen molar-refractivity contribution in [2.24, 2.45) is 0 Å². The van der Waals surface area contributed by atoms with Gasteiger partial charge in [-0.1, -0.05) is 48.5 Å². The molecule has 1 heterocycles. The highest BCUT2D eigenvalue weighted by Crippen LogP contribution is 2.38. The van der Waals surface area contributed by atoms with Crippen molar-refractivity contribution in [2.45, 2.75) is 6.92 Å². The largest absolute Gasteiger partial charge is 0.462 e. The van der Waals surface area contributed by atoms with Gasteiger partial charge in [0.05, 0.1) is 18.0 Å². The van der Waals surface area contributed by atoms with Gasteiger partial charge in [-0.25, -0.2) is 14.5 Å². The Bertz CT molecular complexity index is 1210. The van der Waals surface area contributed by atoms with Gasteiger partial charge < -0.3 is 20.7 Å². The lowest BCUT2D eigenvalue weighted by molar-refractivity contribution is -0.139. The minimum absolute atomic E-state index is 0.0107. The summed E-state index contributed by atoms with van der Waals surface area (Å²) in [6, 6.07) is 24.1. The van der Waals surface area contributed by atoms with Crippen LogP contribution in [0.3, 0.4) is 0 Å². The molecule has 8 nitrogen and oxygen atoms in total. The van der Waals surface area contributed by atoms with E-state index in [0.29, 0.717) is 22.7 Å². The second kappa shape index (κ2) is 9.69. The first-order valence-electron chi connectivity index (χ1n) is 10.4. The number of para-hydroxylation sites is 4. The topological polar surface area (TPSA) is 99.8 Å². The number of esters is 1. The van der Waals surface area contributed by atoms with E-state index in [1.54, 1.807) is 79.7 Å². The molecule has 8 heteroatoms. The number of anilines is 4. The summed E-state index contributed by atoms with van der Waals surface area (Å²) in [5.74, 6) is -1.54. The van der Waals surface area contributed by atoms with Crippen LogP contribution in [0.1, 0.15) is 6.92 Å². The van der Waals surface area contributed by atoms with E-state index in [-0.39, 0.29) is 18.0 Å². The normalized spacial score (nSPS) is 13.4. The number of carbonyl (C=O) groups is 3. The van der Waals surface area contributed by atoms with Crippen LogP contribution in [-0.2, 0) is 14.3 Å². The average Bonchev–Trinajstić information content (AvgIpc) is 3.19. The van der Waals surface area contributed by atoms with Crippen LogP contribution in [-0.4, -0.2) is 24.5 Å². The fourth-order valence-corrected chi connectivity index (χ4v) is 3.38. The van der Waals surface area contributed by atoms with Crippen LogP contribution in [0.25, 0.3) is 0 Å². The van der Waals surface area contributed by atoms with Crippen LogP contribution in [0.2, 0.25) is 0 Å². The quantitative estimate of drug-likeness (QED) is 0.233. The van der Waals surface area contributed by atoms with Crippen molar-refractivity contribution >= 4 is 40.7 Å². The number of carbonyl (C=O) groups excluding carboxylic acids is 3. The minimum atomic E-state index is -0.848. The molecule has 1 aliphatic rings. The molecule has 0 radical (unpaired) electrons. The number of nitrogens with one attached hydrogen (secondary N) is 3. The van der Waals surface area contributed by atoms with E-state index < -0.39 is 17.9 Å². The summed E-state index contributed by atoms with van der Waals surface area (Å²) in [6.07, 6.45) is 0. The molecular weight excluding hydrogens is 420 g/mol. The number of rotatable bonds is 5. The van der Waals surface area contributed by atoms with Crippen molar-refractivity contribution in [1.82, 2.24) is 0 Å². The summed E-state index contributed by atoms with van der Waals surface area (Å²) in [7, 11) is 0. The third-order valence-corrected chi connectivity index (χ3v) is 4.82. The summed E-state index contributed by atoms with van der Waals surface area (Å²) < 4.78 is 5.16. The van der Waals surface area contributed by atoms with Crippen LogP contribution in [0.15, 0.2) is 96.3 Å². The van der Waals surface area contributed by atoms with Crippen molar-refractivity contribution < 1.29 is 19.1 Å². The second-order valence-corrected chi connectivity index (χ2v) is 7.04. The molecule has 0 aromatic heterocycles. The Kier molecular flexibility index (Phi) is 6.36. The molecule has 0 aliphatic carbocycles. The molecule has 0 unspecified atom stereocenters. The molecule has 3 aromatic carbocycles. The third-order valence-electron chi connectivity index (χ3n) is 4.82. The summed E-state index contributed by atoms with van der Waals surface area (Å²) in [5.41, 5.74) is 1.82. The zero-order valence-corrected chi connectivity index (χ0v) is 17.9. The molecule has 0 atom stereocenters. The van der Waals surface area contributed by atoms with Crippen LogP contribution in [0.4, 0.5) is 27.5 Å². The maximum atomic E-state index is 13.3. The number of hydrogen-bond acceptors (Lipinski definition) is 5. The van der Waals surface area contributed by atoms with Gasteiger partial charge in [0.25, 0.3) is 5.91 Å². The van der Waals surface area contributed by atoms with Crippen LogP contribution >= 0.6 is 0 Å². The maximum Gasteiger partial charge on any atom is 0.347 e. The Labute approximate surface area is 190 Å². The number of ether oxygens (including phenoxy) is 1. The van der Waals surface area contributed by atoms with E-state index >= 15 is 0 Å². The molecule has 0 fully saturated rings. The SMILES string of the molecule is CCOC(=O)/C(C(=O)Nc1ccccc1)=C1/Nc2ccccc2N1C(=O)Nc1ccccc1. The summed E-state index contributed by atoms with van der Waals surface area (Å²) >= 11 is 0. The first kappa shape index (κ1) is 21.6. The number of nitrogens with zero attached hydrogens (tertiary/aromatic N) is 1. The Morgan fingerprint density at radius 1 is 0.818 bits per heavy atom. The van der Waals surface area contributed by atoms with Crippen molar-refractivity contribution in [2.75, 3.05) is 27.5 Å². The standard InChI is InChI=1S/C25H22N4O4/c1-2-33-24(31)21(23(30)26-17-11-5-3-6-12-17)22-28-19-15-9-10-16-20(19)29(22)25(32)27-18-13-7-4-8-14-18/h3-16,28H,2H2,1H3,(H,26,30)(H,27,32)/b22-21-. The zero-order chi connectivity index (χ0) is 23.2. The number of urea groups is 1. The average molecular weight is 442 g/mol. The molecule has 0 saturated heterocycles. The molecule has 0 saturated carbocycles. The van der Waals surface area contributed by atoms with E-state index in [4.69, 9.17) is 4.74 Å². The lowest BCUT2D eigenvalue weighted by Crippen LogP contribution is -2.37. The van der Waals surface area contributed by atoms with Crippen LogP contribution in [0, 0.1) is 0 Å². The highest BCUT2D eigenvalue weighted by atomic mass is 16.5.